The largest absolute Gasteiger partial charge is 0.497 e. The number of benzene rings is 4. The zero-order chi connectivity index (χ0) is 31.5. The van der Waals surface area contributed by atoms with Gasteiger partial charge in [0.15, 0.2) is 0 Å². The second kappa shape index (κ2) is 15.6. The standard InChI is InChI=1S/C34H36N4O5S/c1-37(26-13-17-28(42-3)18-14-26)32(39)23-35-44-30-12-8-11-25(22-30)33(40)36-31(21-24-9-6-5-7-10-24)34(41)38(2)27-15-19-29(43-4)20-16-27/h5-20,22,31,35H,21,23H2,1-4H3,(H,36,40). The summed E-state index contributed by atoms with van der Waals surface area (Å²) in [6.45, 7) is 0.0783. The van der Waals surface area contributed by atoms with Crippen LogP contribution in [0.2, 0.25) is 0 Å². The van der Waals surface area contributed by atoms with Gasteiger partial charge in [-0.15, -0.1) is 0 Å². The predicted octanol–water partition coefficient (Wildman–Crippen LogP) is 4.97. The van der Waals surface area contributed by atoms with Crippen LogP contribution in [-0.4, -0.2) is 58.6 Å². The van der Waals surface area contributed by atoms with Crippen molar-refractivity contribution in [1.82, 2.24) is 10.0 Å². The molecule has 4 rings (SSSR count). The zero-order valence-corrected chi connectivity index (χ0v) is 26.0. The number of methoxy groups -OCH3 is 2. The summed E-state index contributed by atoms with van der Waals surface area (Å²) < 4.78 is 13.5. The van der Waals surface area contributed by atoms with E-state index in [4.69, 9.17) is 9.47 Å². The number of nitrogens with one attached hydrogen (secondary N) is 2. The lowest BCUT2D eigenvalue weighted by atomic mass is 10.0. The molecule has 0 radical (unpaired) electrons. The fourth-order valence-corrected chi connectivity index (χ4v) is 5.10. The fourth-order valence-electron chi connectivity index (χ4n) is 4.41. The van der Waals surface area contributed by atoms with Crippen molar-refractivity contribution in [2.75, 3.05) is 44.7 Å². The van der Waals surface area contributed by atoms with Gasteiger partial charge in [-0.25, -0.2) is 0 Å². The molecular formula is C34H36N4O5S. The number of hydrogen-bond acceptors (Lipinski definition) is 7. The van der Waals surface area contributed by atoms with Gasteiger partial charge in [-0.05, 0) is 84.2 Å². The van der Waals surface area contributed by atoms with Gasteiger partial charge < -0.3 is 24.6 Å². The van der Waals surface area contributed by atoms with Crippen LogP contribution in [0.25, 0.3) is 0 Å². The Morgan fingerprint density at radius 1 is 0.750 bits per heavy atom. The molecule has 0 aliphatic carbocycles. The van der Waals surface area contributed by atoms with Gasteiger partial charge in [0.05, 0.1) is 20.8 Å². The van der Waals surface area contributed by atoms with Crippen LogP contribution in [0.1, 0.15) is 15.9 Å². The quantitative estimate of drug-likeness (QED) is 0.206. The Labute approximate surface area is 262 Å². The van der Waals surface area contributed by atoms with Crippen LogP contribution in [0.5, 0.6) is 11.5 Å². The molecule has 0 heterocycles. The molecule has 0 aliphatic heterocycles. The molecule has 0 bridgehead atoms. The van der Waals surface area contributed by atoms with Crippen LogP contribution in [0.4, 0.5) is 11.4 Å². The molecule has 44 heavy (non-hydrogen) atoms. The Bertz CT molecular complexity index is 1550. The number of ether oxygens (including phenoxy) is 2. The summed E-state index contributed by atoms with van der Waals surface area (Å²) in [5, 5.41) is 2.94. The van der Waals surface area contributed by atoms with E-state index < -0.39 is 6.04 Å². The van der Waals surface area contributed by atoms with Crippen LogP contribution in [-0.2, 0) is 16.0 Å². The number of carbonyl (C=O) groups excluding carboxylic acids is 3. The maximum absolute atomic E-state index is 13.7. The topological polar surface area (TPSA) is 100 Å². The van der Waals surface area contributed by atoms with Gasteiger partial charge in [0.25, 0.3) is 5.91 Å². The van der Waals surface area contributed by atoms with Gasteiger partial charge in [0.1, 0.15) is 17.5 Å². The highest BCUT2D eigenvalue weighted by Crippen LogP contribution is 2.21. The van der Waals surface area contributed by atoms with E-state index in [1.165, 1.54) is 16.8 Å². The molecule has 9 nitrogen and oxygen atoms in total. The lowest BCUT2D eigenvalue weighted by Crippen LogP contribution is -2.48. The van der Waals surface area contributed by atoms with Crippen LogP contribution in [0.3, 0.4) is 0 Å². The smallest absolute Gasteiger partial charge is 0.251 e. The summed E-state index contributed by atoms with van der Waals surface area (Å²) in [4.78, 5) is 43.6. The molecule has 0 aliphatic rings. The van der Waals surface area contributed by atoms with Crippen molar-refractivity contribution in [3.63, 3.8) is 0 Å². The minimum Gasteiger partial charge on any atom is -0.497 e. The molecule has 0 fully saturated rings. The highest BCUT2D eigenvalue weighted by atomic mass is 32.2. The predicted molar refractivity (Wildman–Crippen MR) is 175 cm³/mol. The van der Waals surface area contributed by atoms with Crippen molar-refractivity contribution in [3.8, 4) is 11.5 Å². The summed E-state index contributed by atoms with van der Waals surface area (Å²) >= 11 is 1.25. The highest BCUT2D eigenvalue weighted by Gasteiger charge is 2.26. The van der Waals surface area contributed by atoms with E-state index in [0.29, 0.717) is 29.2 Å². The molecule has 0 spiro atoms. The summed E-state index contributed by atoms with van der Waals surface area (Å²) in [5.74, 6) is 0.649. The third-order valence-electron chi connectivity index (χ3n) is 7.02. The maximum Gasteiger partial charge on any atom is 0.251 e. The van der Waals surface area contributed by atoms with E-state index in [0.717, 1.165) is 16.1 Å². The second-order valence-electron chi connectivity index (χ2n) is 9.91. The van der Waals surface area contributed by atoms with Gasteiger partial charge in [0.2, 0.25) is 11.8 Å². The molecule has 10 heteroatoms. The van der Waals surface area contributed by atoms with Gasteiger partial charge in [0, 0.05) is 42.3 Å². The molecule has 4 aromatic carbocycles. The Morgan fingerprint density at radius 2 is 1.34 bits per heavy atom. The van der Waals surface area contributed by atoms with Crippen LogP contribution in [0.15, 0.2) is 108 Å². The zero-order valence-electron chi connectivity index (χ0n) is 25.2. The Morgan fingerprint density at radius 3 is 1.93 bits per heavy atom. The first-order chi connectivity index (χ1) is 21.3. The SMILES string of the molecule is COc1ccc(N(C)C(=O)CNSc2cccc(C(=O)NC(Cc3ccccc3)C(=O)N(C)c3ccc(OC)cc3)c2)cc1. The first-order valence-corrected chi connectivity index (χ1v) is 14.8. The van der Waals surface area contributed by atoms with E-state index in [-0.39, 0.29) is 24.3 Å². The van der Waals surface area contributed by atoms with Crippen LogP contribution >= 0.6 is 11.9 Å². The molecule has 0 saturated heterocycles. The molecule has 3 amide bonds. The normalized spacial score (nSPS) is 11.3. The minimum absolute atomic E-state index is 0.0783. The van der Waals surface area contributed by atoms with Gasteiger partial charge in [-0.1, -0.05) is 36.4 Å². The van der Waals surface area contributed by atoms with E-state index in [9.17, 15) is 14.4 Å². The van der Waals surface area contributed by atoms with Crippen molar-refractivity contribution in [1.29, 1.82) is 0 Å². The average molecular weight is 613 g/mol. The molecule has 228 valence electrons. The Balaban J connectivity index is 1.40. The molecule has 2 N–H and O–H groups in total. The summed E-state index contributed by atoms with van der Waals surface area (Å²) in [6, 6.07) is 30.2. The van der Waals surface area contributed by atoms with Crippen molar-refractivity contribution >= 4 is 41.0 Å². The molecule has 1 atom stereocenters. The molecule has 0 aromatic heterocycles. The molecule has 0 saturated carbocycles. The van der Waals surface area contributed by atoms with Crippen molar-refractivity contribution in [2.45, 2.75) is 17.4 Å². The average Bonchev–Trinajstić information content (AvgIpc) is 3.07. The minimum atomic E-state index is -0.808. The summed E-state index contributed by atoms with van der Waals surface area (Å²) in [5.41, 5.74) is 2.75. The van der Waals surface area contributed by atoms with Crippen molar-refractivity contribution < 1.29 is 23.9 Å². The third kappa shape index (κ3) is 8.62. The number of carbonyl (C=O) groups is 3. The first kappa shape index (κ1) is 32.1. The van der Waals surface area contributed by atoms with Crippen LogP contribution in [0, 0.1) is 0 Å². The summed E-state index contributed by atoms with van der Waals surface area (Å²) in [6.07, 6.45) is 0.325. The van der Waals surface area contributed by atoms with Gasteiger partial charge >= 0.3 is 0 Å². The second-order valence-corrected chi connectivity index (χ2v) is 10.9. The Kier molecular flexibility index (Phi) is 11.4. The molecule has 1 unspecified atom stereocenters. The number of hydrogen-bond donors (Lipinski definition) is 2. The van der Waals surface area contributed by atoms with E-state index in [1.807, 2.05) is 48.5 Å². The third-order valence-corrected chi connectivity index (χ3v) is 7.80. The highest BCUT2D eigenvalue weighted by molar-refractivity contribution is 7.97. The van der Waals surface area contributed by atoms with E-state index >= 15 is 0 Å². The number of nitrogens with zero attached hydrogens (tertiary/aromatic N) is 2. The maximum atomic E-state index is 13.7. The van der Waals surface area contributed by atoms with Crippen molar-refractivity contribution in [2.24, 2.45) is 0 Å². The number of anilines is 2. The number of likely N-dealkylation sites (N-methyl/N-ethyl adjacent to an activating group) is 2. The van der Waals surface area contributed by atoms with Gasteiger partial charge in [-0.3, -0.25) is 19.1 Å². The lowest BCUT2D eigenvalue weighted by Gasteiger charge is -2.25. The fraction of sp³-hybridized carbons (Fsp3) is 0.206. The van der Waals surface area contributed by atoms with Crippen molar-refractivity contribution in [3.05, 3.63) is 114 Å². The number of rotatable bonds is 13. The van der Waals surface area contributed by atoms with E-state index in [2.05, 4.69) is 10.0 Å². The number of amides is 3. The monoisotopic (exact) mass is 612 g/mol. The lowest BCUT2D eigenvalue weighted by molar-refractivity contribution is -0.120. The first-order valence-electron chi connectivity index (χ1n) is 14.0. The Hall–Kier alpha value is -4.80. The van der Waals surface area contributed by atoms with Gasteiger partial charge in [-0.2, -0.15) is 0 Å². The molecular weight excluding hydrogens is 576 g/mol. The van der Waals surface area contributed by atoms with Crippen LogP contribution < -0.4 is 29.3 Å². The molecule has 4 aromatic rings. The summed E-state index contributed by atoms with van der Waals surface area (Å²) in [7, 11) is 6.57. The van der Waals surface area contributed by atoms with E-state index in [1.54, 1.807) is 87.8 Å².